The summed E-state index contributed by atoms with van der Waals surface area (Å²) in [6.07, 6.45) is -0.201. The molecule has 0 saturated carbocycles. The van der Waals surface area contributed by atoms with Crippen molar-refractivity contribution in [2.75, 3.05) is 19.7 Å². The number of hydrogen-bond donors (Lipinski definition) is 2. The van der Waals surface area contributed by atoms with Crippen LogP contribution >= 0.6 is 0 Å². The van der Waals surface area contributed by atoms with Gasteiger partial charge in [-0.25, -0.2) is 0 Å². The van der Waals surface area contributed by atoms with E-state index < -0.39 is 11.0 Å². The minimum atomic E-state index is -0.692. The molecule has 0 bridgehead atoms. The van der Waals surface area contributed by atoms with Gasteiger partial charge in [-0.3, -0.25) is 15.0 Å². The van der Waals surface area contributed by atoms with Gasteiger partial charge in [0.1, 0.15) is 0 Å². The van der Waals surface area contributed by atoms with Crippen LogP contribution in [0, 0.1) is 10.1 Å². The molecule has 0 aliphatic rings. The molecule has 0 amide bonds. The average Bonchev–Trinajstić information content (AvgIpc) is 2.60. The maximum Gasteiger partial charge on any atom is 0.269 e. The van der Waals surface area contributed by atoms with Crippen LogP contribution in [0.2, 0.25) is 0 Å². The molecular formula is C18H22N2O4. The molecule has 24 heavy (non-hydrogen) atoms. The molecule has 0 fully saturated rings. The molecule has 2 aromatic rings. The van der Waals surface area contributed by atoms with E-state index in [0.717, 1.165) is 5.56 Å². The summed E-state index contributed by atoms with van der Waals surface area (Å²) >= 11 is 0. The molecule has 2 N–H and O–H groups in total. The molecule has 0 spiro atoms. The number of non-ortho nitro benzene ring substituents is 1. The number of aliphatic hydroxyl groups excluding tert-OH is 2. The predicted octanol–water partition coefficient (Wildman–Crippen LogP) is 2.51. The number of benzene rings is 2. The highest BCUT2D eigenvalue weighted by molar-refractivity contribution is 5.33. The van der Waals surface area contributed by atoms with E-state index in [1.54, 1.807) is 12.1 Å². The van der Waals surface area contributed by atoms with E-state index in [9.17, 15) is 20.3 Å². The quantitative estimate of drug-likeness (QED) is 0.545. The zero-order chi connectivity index (χ0) is 17.4. The molecule has 2 aromatic carbocycles. The maximum atomic E-state index is 10.7. The fourth-order valence-electron chi connectivity index (χ4n) is 2.54. The highest BCUT2D eigenvalue weighted by Crippen LogP contribution is 2.20. The average molecular weight is 330 g/mol. The van der Waals surface area contributed by atoms with Gasteiger partial charge in [-0.05, 0) is 29.7 Å². The van der Waals surface area contributed by atoms with Gasteiger partial charge in [-0.15, -0.1) is 0 Å². The van der Waals surface area contributed by atoms with E-state index in [0.29, 0.717) is 31.6 Å². The van der Waals surface area contributed by atoms with Crippen LogP contribution in [0.3, 0.4) is 0 Å². The van der Waals surface area contributed by atoms with Gasteiger partial charge < -0.3 is 10.2 Å². The number of nitro groups is 1. The summed E-state index contributed by atoms with van der Waals surface area (Å²) in [5.74, 6) is 0. The van der Waals surface area contributed by atoms with Crippen LogP contribution in [0.4, 0.5) is 5.69 Å². The van der Waals surface area contributed by atoms with E-state index in [-0.39, 0.29) is 12.3 Å². The monoisotopic (exact) mass is 330 g/mol. The first-order valence-electron chi connectivity index (χ1n) is 7.89. The van der Waals surface area contributed by atoms with E-state index in [1.807, 2.05) is 30.3 Å². The van der Waals surface area contributed by atoms with Crippen LogP contribution in [0.1, 0.15) is 23.7 Å². The van der Waals surface area contributed by atoms with Gasteiger partial charge in [0.15, 0.2) is 0 Å². The maximum absolute atomic E-state index is 10.7. The second kappa shape index (κ2) is 9.12. The van der Waals surface area contributed by atoms with Crippen molar-refractivity contribution < 1.29 is 15.1 Å². The number of nitro benzene ring substituents is 1. The Kier molecular flexibility index (Phi) is 6.87. The van der Waals surface area contributed by atoms with E-state index in [1.165, 1.54) is 12.1 Å². The van der Waals surface area contributed by atoms with Gasteiger partial charge in [0.25, 0.3) is 5.69 Å². The fourth-order valence-corrected chi connectivity index (χ4v) is 2.54. The molecule has 0 aliphatic carbocycles. The van der Waals surface area contributed by atoms with Gasteiger partial charge in [0, 0.05) is 31.8 Å². The van der Waals surface area contributed by atoms with Gasteiger partial charge >= 0.3 is 0 Å². The van der Waals surface area contributed by atoms with Crippen LogP contribution in [-0.4, -0.2) is 39.7 Å². The Morgan fingerprint density at radius 1 is 1.04 bits per heavy atom. The van der Waals surface area contributed by atoms with Gasteiger partial charge in [0.2, 0.25) is 0 Å². The second-order valence-corrected chi connectivity index (χ2v) is 5.64. The summed E-state index contributed by atoms with van der Waals surface area (Å²) < 4.78 is 0. The molecule has 0 unspecified atom stereocenters. The standard InChI is InChI=1S/C18H22N2O4/c21-13-12-19(14-15-4-2-1-3-5-15)11-10-18(22)16-6-8-17(9-7-16)20(23)24/h1-9,18,21-22H,10-14H2/t18-/m1/s1. The lowest BCUT2D eigenvalue weighted by molar-refractivity contribution is -0.384. The molecule has 6 nitrogen and oxygen atoms in total. The minimum Gasteiger partial charge on any atom is -0.395 e. The van der Waals surface area contributed by atoms with Gasteiger partial charge in [-0.1, -0.05) is 30.3 Å². The summed E-state index contributed by atoms with van der Waals surface area (Å²) in [7, 11) is 0. The highest BCUT2D eigenvalue weighted by Gasteiger charge is 2.13. The summed E-state index contributed by atoms with van der Waals surface area (Å²) in [5.41, 5.74) is 1.82. The molecular weight excluding hydrogens is 308 g/mol. The van der Waals surface area contributed by atoms with E-state index >= 15 is 0 Å². The third-order valence-corrected chi connectivity index (χ3v) is 3.87. The van der Waals surface area contributed by atoms with Crippen LogP contribution in [0.5, 0.6) is 0 Å². The van der Waals surface area contributed by atoms with Crippen molar-refractivity contribution in [3.05, 3.63) is 75.8 Å². The zero-order valence-corrected chi connectivity index (χ0v) is 13.4. The second-order valence-electron chi connectivity index (χ2n) is 5.64. The Morgan fingerprint density at radius 2 is 1.71 bits per heavy atom. The molecule has 1 atom stereocenters. The Morgan fingerprint density at radius 3 is 2.29 bits per heavy atom. The normalized spacial score (nSPS) is 12.3. The molecule has 0 aromatic heterocycles. The predicted molar refractivity (Wildman–Crippen MR) is 91.5 cm³/mol. The van der Waals surface area contributed by atoms with Crippen molar-refractivity contribution in [1.29, 1.82) is 0 Å². The molecule has 0 aliphatic heterocycles. The molecule has 0 radical (unpaired) electrons. The van der Waals surface area contributed by atoms with Crippen molar-refractivity contribution in [2.45, 2.75) is 19.1 Å². The number of aliphatic hydroxyl groups is 2. The highest BCUT2D eigenvalue weighted by atomic mass is 16.6. The lowest BCUT2D eigenvalue weighted by Crippen LogP contribution is -2.28. The Labute approximate surface area is 141 Å². The summed E-state index contributed by atoms with van der Waals surface area (Å²) in [4.78, 5) is 12.3. The Bertz CT molecular complexity index is 631. The van der Waals surface area contributed by atoms with Crippen LogP contribution in [-0.2, 0) is 6.54 Å². The van der Waals surface area contributed by atoms with Crippen LogP contribution in [0.15, 0.2) is 54.6 Å². The Balaban J connectivity index is 1.91. The first-order chi connectivity index (χ1) is 11.6. The van der Waals surface area contributed by atoms with E-state index in [2.05, 4.69) is 4.90 Å². The molecule has 0 saturated heterocycles. The number of nitrogens with zero attached hydrogens (tertiary/aromatic N) is 2. The van der Waals surface area contributed by atoms with Crippen LogP contribution < -0.4 is 0 Å². The van der Waals surface area contributed by atoms with Crippen molar-refractivity contribution in [3.63, 3.8) is 0 Å². The van der Waals surface area contributed by atoms with Crippen molar-refractivity contribution in [3.8, 4) is 0 Å². The van der Waals surface area contributed by atoms with Gasteiger partial charge in [-0.2, -0.15) is 0 Å². The number of rotatable bonds is 9. The summed E-state index contributed by atoms with van der Waals surface area (Å²) in [6, 6.07) is 15.9. The number of hydrogen-bond acceptors (Lipinski definition) is 5. The fraction of sp³-hybridized carbons (Fsp3) is 0.333. The van der Waals surface area contributed by atoms with Gasteiger partial charge in [0.05, 0.1) is 17.6 Å². The molecule has 6 heteroatoms. The largest absolute Gasteiger partial charge is 0.395 e. The Hall–Kier alpha value is -2.28. The topological polar surface area (TPSA) is 86.8 Å². The summed E-state index contributed by atoms with van der Waals surface area (Å²) in [6.45, 7) is 1.91. The zero-order valence-electron chi connectivity index (χ0n) is 13.4. The SMILES string of the molecule is O=[N+]([O-])c1ccc([C@H](O)CCN(CCO)Cc2ccccc2)cc1. The molecule has 128 valence electrons. The first kappa shape index (κ1) is 18.1. The third-order valence-electron chi connectivity index (χ3n) is 3.87. The smallest absolute Gasteiger partial charge is 0.269 e. The lowest BCUT2D eigenvalue weighted by atomic mass is 10.1. The first-order valence-corrected chi connectivity index (χ1v) is 7.89. The van der Waals surface area contributed by atoms with Crippen molar-refractivity contribution >= 4 is 5.69 Å². The van der Waals surface area contributed by atoms with Crippen molar-refractivity contribution in [1.82, 2.24) is 4.90 Å². The van der Waals surface area contributed by atoms with E-state index in [4.69, 9.17) is 0 Å². The third kappa shape index (κ3) is 5.42. The minimum absolute atomic E-state index is 0.0111. The van der Waals surface area contributed by atoms with Crippen LogP contribution in [0.25, 0.3) is 0 Å². The molecule has 2 rings (SSSR count). The van der Waals surface area contributed by atoms with Crippen molar-refractivity contribution in [2.24, 2.45) is 0 Å². The summed E-state index contributed by atoms with van der Waals surface area (Å²) in [5, 5.41) is 30.1. The molecule has 0 heterocycles. The lowest BCUT2D eigenvalue weighted by Gasteiger charge is -2.23.